The van der Waals surface area contributed by atoms with Crippen LogP contribution in [0.15, 0.2) is 41.3 Å². The Kier molecular flexibility index (Phi) is 8.55. The van der Waals surface area contributed by atoms with Gasteiger partial charge in [-0.15, -0.1) is 6.42 Å². The zero-order valence-corrected chi connectivity index (χ0v) is 22.1. The Morgan fingerprint density at radius 3 is 2.49 bits per heavy atom. The van der Waals surface area contributed by atoms with Crippen LogP contribution < -0.4 is 4.90 Å². The summed E-state index contributed by atoms with van der Waals surface area (Å²) in [5.74, 6) is 2.36. The summed E-state index contributed by atoms with van der Waals surface area (Å²) in [5.41, 5.74) is 1.54. The lowest BCUT2D eigenvalue weighted by Crippen LogP contribution is -2.38. The highest BCUT2D eigenvalue weighted by atomic mass is 79.9. The van der Waals surface area contributed by atoms with Crippen LogP contribution in [0.2, 0.25) is 0 Å². The molecule has 0 fully saturated rings. The Morgan fingerprint density at radius 1 is 1.20 bits per heavy atom. The van der Waals surface area contributed by atoms with Gasteiger partial charge in [-0.05, 0) is 17.5 Å². The topological polar surface area (TPSA) is 127 Å². The maximum Gasteiger partial charge on any atom is 0.272 e. The Morgan fingerprint density at radius 2 is 1.89 bits per heavy atom. The largest absolute Gasteiger partial charge is 0.366 e. The van der Waals surface area contributed by atoms with Gasteiger partial charge in [0.15, 0.2) is 0 Å². The van der Waals surface area contributed by atoms with Crippen LogP contribution >= 0.6 is 15.9 Å². The summed E-state index contributed by atoms with van der Waals surface area (Å²) in [4.78, 5) is 12.2. The van der Waals surface area contributed by atoms with Gasteiger partial charge < -0.3 is 4.90 Å². The Balaban J connectivity index is 2.13. The van der Waals surface area contributed by atoms with Crippen molar-refractivity contribution in [3.05, 3.63) is 63.2 Å². The summed E-state index contributed by atoms with van der Waals surface area (Å²) in [6, 6.07) is 9.64. The van der Waals surface area contributed by atoms with Gasteiger partial charge in [-0.2, -0.15) is 12.7 Å². The van der Waals surface area contributed by atoms with Crippen LogP contribution in [0.1, 0.15) is 16.7 Å². The number of non-ortho nitro benzene ring substituents is 1. The van der Waals surface area contributed by atoms with Gasteiger partial charge in [0.2, 0.25) is 10.0 Å². The fraction of sp³-hybridized carbons (Fsp3) is 0.364. The Labute approximate surface area is 213 Å². The highest BCUT2D eigenvalue weighted by molar-refractivity contribution is 9.09. The van der Waals surface area contributed by atoms with Gasteiger partial charge >= 0.3 is 0 Å². The first-order valence-electron chi connectivity index (χ1n) is 10.5. The molecule has 0 N–H and O–H groups in total. The number of terminal acetylenes is 1. The fourth-order valence-electron chi connectivity index (χ4n) is 3.88. The van der Waals surface area contributed by atoms with Crippen LogP contribution in [0.3, 0.4) is 0 Å². The van der Waals surface area contributed by atoms with E-state index < -0.39 is 30.8 Å². The van der Waals surface area contributed by atoms with Crippen LogP contribution in [0.4, 0.5) is 11.4 Å². The Hall–Kier alpha value is -2.50. The molecule has 13 heteroatoms. The minimum absolute atomic E-state index is 0.00971. The number of hydrogen-bond acceptors (Lipinski definition) is 8. The van der Waals surface area contributed by atoms with Crippen molar-refractivity contribution in [3.63, 3.8) is 0 Å². The van der Waals surface area contributed by atoms with Crippen molar-refractivity contribution in [1.29, 1.82) is 0 Å². The van der Waals surface area contributed by atoms with E-state index in [0.717, 1.165) is 29.5 Å². The predicted molar refractivity (Wildman–Crippen MR) is 136 cm³/mol. The van der Waals surface area contributed by atoms with E-state index in [1.54, 1.807) is 4.90 Å². The van der Waals surface area contributed by atoms with Gasteiger partial charge in [-0.1, -0.05) is 46.1 Å². The third kappa shape index (κ3) is 6.39. The molecule has 3 rings (SSSR count). The first-order chi connectivity index (χ1) is 16.5. The minimum atomic E-state index is -4.22. The number of nitrogens with zero attached hydrogens (tertiary/aromatic N) is 3. The minimum Gasteiger partial charge on any atom is -0.366 e. The van der Waals surface area contributed by atoms with Crippen molar-refractivity contribution >= 4 is 47.4 Å². The first-order valence-corrected chi connectivity index (χ1v) is 14.9. The summed E-state index contributed by atoms with van der Waals surface area (Å²) in [6.07, 6.45) is 7.06. The maximum atomic E-state index is 13.9. The van der Waals surface area contributed by atoms with E-state index in [0.29, 0.717) is 11.8 Å². The maximum absolute atomic E-state index is 13.9. The molecule has 2 aromatic carbocycles. The summed E-state index contributed by atoms with van der Waals surface area (Å²) in [6.45, 7) is 0.273. The number of fused-ring (bicyclic) bond motifs is 1. The standard InChI is InChI=1S/C22H24BrN3O7S2/c1-3-17-14-20(26(27)28)15-21(22(17)24(11-9-23)12-13-33-34(2,29)30)35(31,32)25-10-8-18-6-4-5-7-19(18)16-25/h1,4-7,14-15H,8-13,16H2,2H3. The molecular weight excluding hydrogens is 562 g/mol. The van der Waals surface area contributed by atoms with Crippen LogP contribution in [0.5, 0.6) is 0 Å². The molecule has 10 nitrogen and oxygen atoms in total. The van der Waals surface area contributed by atoms with E-state index >= 15 is 0 Å². The lowest BCUT2D eigenvalue weighted by atomic mass is 10.0. The molecule has 35 heavy (non-hydrogen) atoms. The molecule has 0 aromatic heterocycles. The number of anilines is 1. The molecule has 188 valence electrons. The SMILES string of the molecule is C#Cc1cc([N+](=O)[O-])cc(S(=O)(=O)N2CCc3ccccc3C2)c1N(CCBr)CCOS(C)(=O)=O. The number of benzene rings is 2. The summed E-state index contributed by atoms with van der Waals surface area (Å²) < 4.78 is 56.7. The smallest absolute Gasteiger partial charge is 0.272 e. The van der Waals surface area contributed by atoms with Crippen molar-refractivity contribution in [1.82, 2.24) is 4.31 Å². The average molecular weight is 586 g/mol. The molecule has 0 unspecified atom stereocenters. The van der Waals surface area contributed by atoms with E-state index in [9.17, 15) is 26.9 Å². The van der Waals surface area contributed by atoms with Gasteiger partial charge in [-0.25, -0.2) is 8.42 Å². The lowest BCUT2D eigenvalue weighted by molar-refractivity contribution is -0.385. The number of hydrogen-bond donors (Lipinski definition) is 0. The molecule has 0 amide bonds. The summed E-state index contributed by atoms with van der Waals surface area (Å²) >= 11 is 3.31. The normalized spacial score (nSPS) is 14.2. The van der Waals surface area contributed by atoms with Crippen molar-refractivity contribution in [2.75, 3.05) is 42.7 Å². The molecular formula is C22H24BrN3O7S2. The molecule has 2 aromatic rings. The molecule has 1 aliphatic rings. The van der Waals surface area contributed by atoms with Crippen molar-refractivity contribution in [2.24, 2.45) is 0 Å². The molecule has 0 bridgehead atoms. The quantitative estimate of drug-likeness (QED) is 0.137. The number of rotatable bonds is 10. The van der Waals surface area contributed by atoms with E-state index in [2.05, 4.69) is 21.9 Å². The lowest BCUT2D eigenvalue weighted by Gasteiger charge is -2.31. The van der Waals surface area contributed by atoms with Gasteiger partial charge in [0.05, 0.1) is 29.0 Å². The van der Waals surface area contributed by atoms with E-state index in [-0.39, 0.29) is 48.9 Å². The molecule has 1 aliphatic heterocycles. The zero-order chi connectivity index (χ0) is 25.8. The van der Waals surface area contributed by atoms with Crippen molar-refractivity contribution in [2.45, 2.75) is 17.9 Å². The van der Waals surface area contributed by atoms with Crippen LogP contribution in [-0.4, -0.2) is 63.9 Å². The average Bonchev–Trinajstić information content (AvgIpc) is 2.81. The van der Waals surface area contributed by atoms with Gasteiger partial charge in [0, 0.05) is 43.6 Å². The van der Waals surface area contributed by atoms with Crippen molar-refractivity contribution in [3.8, 4) is 12.3 Å². The molecule has 0 spiro atoms. The predicted octanol–water partition coefficient (Wildman–Crippen LogP) is 2.50. The monoisotopic (exact) mass is 585 g/mol. The van der Waals surface area contributed by atoms with E-state index in [4.69, 9.17) is 10.6 Å². The number of nitro groups is 1. The molecule has 0 saturated carbocycles. The molecule has 1 heterocycles. The Bertz CT molecular complexity index is 1370. The molecule has 0 atom stereocenters. The van der Waals surface area contributed by atoms with Gasteiger partial charge in [0.25, 0.3) is 15.8 Å². The van der Waals surface area contributed by atoms with Crippen molar-refractivity contribution < 1.29 is 25.9 Å². The second kappa shape index (κ2) is 11.0. The fourth-order valence-corrected chi connectivity index (χ4v) is 6.36. The highest BCUT2D eigenvalue weighted by Crippen LogP contribution is 2.37. The molecule has 0 aliphatic carbocycles. The zero-order valence-electron chi connectivity index (χ0n) is 18.9. The first kappa shape index (κ1) is 27.1. The van der Waals surface area contributed by atoms with Crippen LogP contribution in [0.25, 0.3) is 0 Å². The van der Waals surface area contributed by atoms with E-state index in [1.807, 2.05) is 24.3 Å². The third-order valence-electron chi connectivity index (χ3n) is 5.47. The second-order valence-electron chi connectivity index (χ2n) is 7.80. The van der Waals surface area contributed by atoms with Crippen LogP contribution in [-0.2, 0) is 37.3 Å². The second-order valence-corrected chi connectivity index (χ2v) is 12.1. The molecule has 0 saturated heterocycles. The number of alkyl halides is 1. The molecule has 0 radical (unpaired) electrons. The highest BCUT2D eigenvalue weighted by Gasteiger charge is 2.34. The number of sulfonamides is 1. The van der Waals surface area contributed by atoms with Gasteiger partial charge in [0.1, 0.15) is 4.90 Å². The number of halogens is 1. The third-order valence-corrected chi connectivity index (χ3v) is 8.28. The van der Waals surface area contributed by atoms with Gasteiger partial charge in [-0.3, -0.25) is 14.3 Å². The number of nitro benzene ring substituents is 1. The van der Waals surface area contributed by atoms with E-state index in [1.165, 1.54) is 4.31 Å². The summed E-state index contributed by atoms with van der Waals surface area (Å²) in [7, 11) is -7.95. The summed E-state index contributed by atoms with van der Waals surface area (Å²) in [5, 5.41) is 12.0. The van der Waals surface area contributed by atoms with Crippen LogP contribution in [0, 0.1) is 22.5 Å².